The highest BCUT2D eigenvalue weighted by Crippen LogP contribution is 2.28. The Kier molecular flexibility index (Phi) is 5.48. The molecular formula is C24H24N4O2. The molecule has 0 unspecified atom stereocenters. The van der Waals surface area contributed by atoms with Crippen LogP contribution in [0.15, 0.2) is 60.7 Å². The molecule has 2 aromatic heterocycles. The molecule has 2 heterocycles. The normalized spacial score (nSPS) is 10.9. The molecule has 0 bridgehead atoms. The van der Waals surface area contributed by atoms with Crippen LogP contribution in [0.1, 0.15) is 21.6 Å². The van der Waals surface area contributed by atoms with Gasteiger partial charge in [-0.1, -0.05) is 30.3 Å². The van der Waals surface area contributed by atoms with Crippen LogP contribution in [-0.4, -0.2) is 34.3 Å². The number of fused-ring (bicyclic) bond motifs is 1. The minimum Gasteiger partial charge on any atom is -0.497 e. The number of nitrogens with zero attached hydrogens (tertiary/aromatic N) is 3. The minimum atomic E-state index is -0.121. The molecule has 0 aliphatic rings. The summed E-state index contributed by atoms with van der Waals surface area (Å²) < 4.78 is 6.96. The van der Waals surface area contributed by atoms with Gasteiger partial charge in [-0.15, -0.1) is 0 Å². The van der Waals surface area contributed by atoms with Gasteiger partial charge < -0.3 is 10.1 Å². The van der Waals surface area contributed by atoms with Crippen LogP contribution in [-0.2, 0) is 13.5 Å². The fraction of sp³-hybridized carbons (Fsp3) is 0.208. The van der Waals surface area contributed by atoms with E-state index in [0.29, 0.717) is 17.8 Å². The topological polar surface area (TPSA) is 69.0 Å². The van der Waals surface area contributed by atoms with Gasteiger partial charge in [0.2, 0.25) is 0 Å². The third-order valence-electron chi connectivity index (χ3n) is 5.14. The van der Waals surface area contributed by atoms with E-state index in [1.54, 1.807) is 11.8 Å². The summed E-state index contributed by atoms with van der Waals surface area (Å²) in [5, 5.41) is 8.31. The van der Waals surface area contributed by atoms with Crippen molar-refractivity contribution in [2.45, 2.75) is 13.3 Å². The van der Waals surface area contributed by atoms with Crippen LogP contribution >= 0.6 is 0 Å². The first kappa shape index (κ1) is 19.6. The zero-order chi connectivity index (χ0) is 21.1. The smallest absolute Gasteiger partial charge is 0.252 e. The maximum Gasteiger partial charge on any atom is 0.252 e. The molecule has 0 aliphatic heterocycles. The quantitative estimate of drug-likeness (QED) is 0.533. The van der Waals surface area contributed by atoms with Crippen molar-refractivity contribution in [1.29, 1.82) is 0 Å². The van der Waals surface area contributed by atoms with Crippen molar-refractivity contribution in [3.63, 3.8) is 0 Å². The number of carbonyl (C=O) groups is 1. The second-order valence-electron chi connectivity index (χ2n) is 7.18. The van der Waals surface area contributed by atoms with Crippen LogP contribution in [0.5, 0.6) is 5.75 Å². The van der Waals surface area contributed by atoms with Gasteiger partial charge in [0, 0.05) is 19.2 Å². The van der Waals surface area contributed by atoms with Crippen molar-refractivity contribution in [2.24, 2.45) is 7.05 Å². The summed E-state index contributed by atoms with van der Waals surface area (Å²) in [5.41, 5.74) is 4.89. The predicted molar refractivity (Wildman–Crippen MR) is 118 cm³/mol. The lowest BCUT2D eigenvalue weighted by Crippen LogP contribution is -2.26. The van der Waals surface area contributed by atoms with Crippen LogP contribution in [0.4, 0.5) is 0 Å². The molecule has 1 amide bonds. The van der Waals surface area contributed by atoms with E-state index >= 15 is 0 Å². The number of amides is 1. The van der Waals surface area contributed by atoms with E-state index in [0.717, 1.165) is 34.5 Å². The van der Waals surface area contributed by atoms with Crippen molar-refractivity contribution >= 4 is 16.9 Å². The number of hydrogen-bond donors (Lipinski definition) is 1. The summed E-state index contributed by atoms with van der Waals surface area (Å²) in [5.74, 6) is 0.652. The molecule has 0 radical (unpaired) electrons. The highest BCUT2D eigenvalue weighted by atomic mass is 16.5. The lowest BCUT2D eigenvalue weighted by atomic mass is 10.0. The number of methoxy groups -OCH3 is 1. The van der Waals surface area contributed by atoms with E-state index in [4.69, 9.17) is 9.72 Å². The van der Waals surface area contributed by atoms with Gasteiger partial charge in [-0.25, -0.2) is 4.98 Å². The average Bonchev–Trinajstić information content (AvgIpc) is 3.07. The SMILES string of the molecule is COc1ccc(-c2cc(C(=O)NCCc3ccccc3)c3c(C)nn(C)c3n2)cc1. The number of aromatic nitrogens is 3. The van der Waals surface area contributed by atoms with Crippen LogP contribution in [0.2, 0.25) is 0 Å². The van der Waals surface area contributed by atoms with Crippen LogP contribution in [0.25, 0.3) is 22.3 Å². The number of pyridine rings is 1. The maximum absolute atomic E-state index is 13.1. The molecule has 6 heteroatoms. The molecule has 2 aromatic carbocycles. The van der Waals surface area contributed by atoms with Gasteiger partial charge in [0.1, 0.15) is 5.75 Å². The van der Waals surface area contributed by atoms with E-state index in [1.165, 1.54) is 5.56 Å². The van der Waals surface area contributed by atoms with Gasteiger partial charge in [0.15, 0.2) is 5.65 Å². The van der Waals surface area contributed by atoms with Crippen LogP contribution in [0.3, 0.4) is 0 Å². The minimum absolute atomic E-state index is 0.121. The standard InChI is InChI=1S/C24H24N4O2/c1-16-22-20(24(29)25-14-13-17-7-5-4-6-8-17)15-21(26-23(22)28(2)27-16)18-9-11-19(30-3)12-10-18/h4-12,15H,13-14H2,1-3H3,(H,25,29). The van der Waals surface area contributed by atoms with Gasteiger partial charge in [0.05, 0.1) is 29.4 Å². The van der Waals surface area contributed by atoms with E-state index < -0.39 is 0 Å². The van der Waals surface area contributed by atoms with Gasteiger partial charge in [0.25, 0.3) is 5.91 Å². The molecule has 0 saturated carbocycles. The molecule has 4 aromatic rings. The maximum atomic E-state index is 13.1. The van der Waals surface area contributed by atoms with Gasteiger partial charge >= 0.3 is 0 Å². The summed E-state index contributed by atoms with van der Waals surface area (Å²) in [4.78, 5) is 17.9. The number of benzene rings is 2. The monoisotopic (exact) mass is 400 g/mol. The molecule has 0 spiro atoms. The molecule has 6 nitrogen and oxygen atoms in total. The molecule has 0 saturated heterocycles. The Balaban J connectivity index is 1.67. The second-order valence-corrected chi connectivity index (χ2v) is 7.18. The summed E-state index contributed by atoms with van der Waals surface area (Å²) in [7, 11) is 3.48. The van der Waals surface area contributed by atoms with Crippen molar-refractivity contribution in [3.05, 3.63) is 77.5 Å². The zero-order valence-corrected chi connectivity index (χ0v) is 17.3. The number of rotatable bonds is 6. The molecule has 0 fully saturated rings. The summed E-state index contributed by atoms with van der Waals surface area (Å²) in [6.07, 6.45) is 0.776. The summed E-state index contributed by atoms with van der Waals surface area (Å²) in [6, 6.07) is 19.6. The molecule has 1 N–H and O–H groups in total. The van der Waals surface area contributed by atoms with E-state index in [9.17, 15) is 4.79 Å². The lowest BCUT2D eigenvalue weighted by Gasteiger charge is -2.10. The van der Waals surface area contributed by atoms with Crippen molar-refractivity contribution in [2.75, 3.05) is 13.7 Å². The zero-order valence-electron chi connectivity index (χ0n) is 17.3. The first-order chi connectivity index (χ1) is 14.6. The fourth-order valence-corrected chi connectivity index (χ4v) is 3.59. The average molecular weight is 400 g/mol. The Morgan fingerprint density at radius 2 is 1.83 bits per heavy atom. The van der Waals surface area contributed by atoms with Crippen molar-refractivity contribution in [1.82, 2.24) is 20.1 Å². The van der Waals surface area contributed by atoms with Crippen LogP contribution < -0.4 is 10.1 Å². The van der Waals surface area contributed by atoms with E-state index in [1.807, 2.05) is 62.5 Å². The number of carbonyl (C=O) groups excluding carboxylic acids is 1. The Morgan fingerprint density at radius 3 is 2.53 bits per heavy atom. The third kappa shape index (κ3) is 3.89. The van der Waals surface area contributed by atoms with E-state index in [-0.39, 0.29) is 5.91 Å². The lowest BCUT2D eigenvalue weighted by molar-refractivity contribution is 0.0955. The first-order valence-electron chi connectivity index (χ1n) is 9.87. The number of hydrogen-bond acceptors (Lipinski definition) is 4. The molecule has 0 aliphatic carbocycles. The first-order valence-corrected chi connectivity index (χ1v) is 9.87. The van der Waals surface area contributed by atoms with Gasteiger partial charge in [-0.2, -0.15) is 5.10 Å². The molecule has 4 rings (SSSR count). The second kappa shape index (κ2) is 8.37. The summed E-state index contributed by atoms with van der Waals surface area (Å²) in [6.45, 7) is 2.46. The number of ether oxygens (including phenoxy) is 1. The molecular weight excluding hydrogens is 376 g/mol. The number of nitrogens with one attached hydrogen (secondary N) is 1. The van der Waals surface area contributed by atoms with E-state index in [2.05, 4.69) is 22.5 Å². The highest BCUT2D eigenvalue weighted by Gasteiger charge is 2.19. The highest BCUT2D eigenvalue weighted by molar-refractivity contribution is 6.07. The molecule has 152 valence electrons. The Labute approximate surface area is 175 Å². The Bertz CT molecular complexity index is 1180. The Hall–Kier alpha value is -3.67. The largest absolute Gasteiger partial charge is 0.497 e. The van der Waals surface area contributed by atoms with Crippen molar-refractivity contribution < 1.29 is 9.53 Å². The predicted octanol–water partition coefficient (Wildman–Crippen LogP) is 3.92. The Morgan fingerprint density at radius 1 is 1.10 bits per heavy atom. The van der Waals surface area contributed by atoms with Gasteiger partial charge in [-0.05, 0) is 49.2 Å². The third-order valence-corrected chi connectivity index (χ3v) is 5.14. The van der Waals surface area contributed by atoms with Crippen molar-refractivity contribution in [3.8, 4) is 17.0 Å². The fourth-order valence-electron chi connectivity index (χ4n) is 3.59. The van der Waals surface area contributed by atoms with Gasteiger partial charge in [-0.3, -0.25) is 9.48 Å². The molecule has 0 atom stereocenters. The van der Waals surface area contributed by atoms with Crippen LogP contribution in [0, 0.1) is 6.92 Å². The molecule has 30 heavy (non-hydrogen) atoms. The summed E-state index contributed by atoms with van der Waals surface area (Å²) >= 11 is 0. The number of aryl methyl sites for hydroxylation is 2.